The number of nitrogens with zero attached hydrogens (tertiary/aromatic N) is 2. The van der Waals surface area contributed by atoms with Crippen molar-refractivity contribution in [3.8, 4) is 0 Å². The molecule has 1 aliphatic rings. The van der Waals surface area contributed by atoms with Gasteiger partial charge in [0.2, 0.25) is 0 Å². The van der Waals surface area contributed by atoms with Crippen molar-refractivity contribution < 1.29 is 13.9 Å². The second-order valence-corrected chi connectivity index (χ2v) is 7.11. The van der Waals surface area contributed by atoms with E-state index in [2.05, 4.69) is 15.6 Å². The topological polar surface area (TPSA) is 66.0 Å². The molecule has 1 fully saturated rings. The van der Waals surface area contributed by atoms with E-state index in [1.807, 2.05) is 6.92 Å². The van der Waals surface area contributed by atoms with E-state index in [0.29, 0.717) is 25.7 Å². The predicted molar refractivity (Wildman–Crippen MR) is 119 cm³/mol. The first-order chi connectivity index (χ1) is 12.6. The Labute approximate surface area is 181 Å². The van der Waals surface area contributed by atoms with Crippen molar-refractivity contribution in [3.05, 3.63) is 30.1 Å². The van der Waals surface area contributed by atoms with Crippen molar-refractivity contribution >= 4 is 47.8 Å². The van der Waals surface area contributed by atoms with Gasteiger partial charge in [-0.1, -0.05) is 0 Å². The lowest BCUT2D eigenvalue weighted by Gasteiger charge is -2.32. The van der Waals surface area contributed by atoms with E-state index in [1.54, 1.807) is 28.8 Å². The number of hydrogen-bond acceptors (Lipinski definition) is 4. The second kappa shape index (κ2) is 13.0. The molecule has 1 aromatic carbocycles. The number of hydrogen-bond donors (Lipinski definition) is 2. The molecule has 27 heavy (non-hydrogen) atoms. The zero-order chi connectivity index (χ0) is 18.8. The Morgan fingerprint density at radius 1 is 1.33 bits per heavy atom. The number of carbonyl (C=O) groups excluding carboxylic acids is 1. The average Bonchev–Trinajstić information content (AvgIpc) is 2.66. The second-order valence-electron chi connectivity index (χ2n) is 5.94. The number of thioether (sulfide) groups is 1. The normalized spacial score (nSPS) is 15.1. The van der Waals surface area contributed by atoms with Gasteiger partial charge in [0, 0.05) is 36.3 Å². The fraction of sp³-hybridized carbons (Fsp3) is 0.556. The number of methoxy groups -OCH3 is 1. The number of nitrogens with one attached hydrogen (secondary N) is 2. The SMILES string of the molecule is CCNC(=NCCSc1ccc(F)cc1)NC1CCN(C(=O)OC)CC1.I. The summed E-state index contributed by atoms with van der Waals surface area (Å²) in [5.41, 5.74) is 0. The summed E-state index contributed by atoms with van der Waals surface area (Å²) in [5.74, 6) is 1.40. The molecule has 0 aromatic heterocycles. The highest BCUT2D eigenvalue weighted by Crippen LogP contribution is 2.17. The molecule has 1 aliphatic heterocycles. The van der Waals surface area contributed by atoms with Crippen molar-refractivity contribution in [3.63, 3.8) is 0 Å². The van der Waals surface area contributed by atoms with Gasteiger partial charge in [-0.15, -0.1) is 35.7 Å². The maximum absolute atomic E-state index is 12.9. The molecule has 152 valence electrons. The number of piperidine rings is 1. The molecule has 0 unspecified atom stereocenters. The molecule has 2 N–H and O–H groups in total. The van der Waals surface area contributed by atoms with Crippen molar-refractivity contribution in [2.24, 2.45) is 4.99 Å². The van der Waals surface area contributed by atoms with E-state index >= 15 is 0 Å². The quantitative estimate of drug-likeness (QED) is 0.202. The highest BCUT2D eigenvalue weighted by molar-refractivity contribution is 14.0. The van der Waals surface area contributed by atoms with Crippen molar-refractivity contribution in [2.45, 2.75) is 30.7 Å². The highest BCUT2D eigenvalue weighted by atomic mass is 127. The third-order valence-corrected chi connectivity index (χ3v) is 5.05. The summed E-state index contributed by atoms with van der Waals surface area (Å²) in [7, 11) is 1.41. The van der Waals surface area contributed by atoms with Gasteiger partial charge in [-0.3, -0.25) is 4.99 Å². The largest absolute Gasteiger partial charge is 0.453 e. The van der Waals surface area contributed by atoms with E-state index in [4.69, 9.17) is 4.74 Å². The van der Waals surface area contributed by atoms with E-state index in [-0.39, 0.29) is 35.9 Å². The van der Waals surface area contributed by atoms with Crippen LogP contribution in [0.3, 0.4) is 0 Å². The highest BCUT2D eigenvalue weighted by Gasteiger charge is 2.23. The number of likely N-dealkylation sites (tertiary alicyclic amines) is 1. The van der Waals surface area contributed by atoms with Crippen molar-refractivity contribution in [2.75, 3.05) is 39.0 Å². The van der Waals surface area contributed by atoms with Crippen LogP contribution < -0.4 is 10.6 Å². The van der Waals surface area contributed by atoms with E-state index < -0.39 is 0 Å². The van der Waals surface area contributed by atoms with Crippen LogP contribution in [0.4, 0.5) is 9.18 Å². The lowest BCUT2D eigenvalue weighted by atomic mass is 10.1. The molecule has 1 heterocycles. The molecule has 0 radical (unpaired) electrons. The maximum atomic E-state index is 12.9. The summed E-state index contributed by atoms with van der Waals surface area (Å²) in [6.07, 6.45) is 1.47. The van der Waals surface area contributed by atoms with Gasteiger partial charge in [-0.2, -0.15) is 0 Å². The summed E-state index contributed by atoms with van der Waals surface area (Å²) in [5, 5.41) is 6.70. The van der Waals surface area contributed by atoms with E-state index in [9.17, 15) is 9.18 Å². The fourth-order valence-corrected chi connectivity index (χ4v) is 3.45. The molecule has 1 saturated heterocycles. The Morgan fingerprint density at radius 3 is 2.59 bits per heavy atom. The van der Waals surface area contributed by atoms with E-state index in [1.165, 1.54) is 19.2 Å². The number of ether oxygens (including phenoxy) is 1. The Morgan fingerprint density at radius 2 is 2.00 bits per heavy atom. The van der Waals surface area contributed by atoms with Crippen LogP contribution in [0.5, 0.6) is 0 Å². The zero-order valence-electron chi connectivity index (χ0n) is 15.7. The number of guanidine groups is 1. The molecule has 0 aliphatic carbocycles. The van der Waals surface area contributed by atoms with Crippen LogP contribution in [0.1, 0.15) is 19.8 Å². The van der Waals surface area contributed by atoms with Crippen LogP contribution >= 0.6 is 35.7 Å². The first kappa shape index (κ1) is 23.8. The lowest BCUT2D eigenvalue weighted by molar-refractivity contribution is 0.111. The third kappa shape index (κ3) is 8.54. The molecule has 9 heteroatoms. The predicted octanol–water partition coefficient (Wildman–Crippen LogP) is 3.32. The standard InChI is InChI=1S/C18H27FN4O2S.HI/c1-3-20-17(21-10-13-26-16-6-4-14(19)5-7-16)22-15-8-11-23(12-9-15)18(24)25-2;/h4-7,15H,3,8-13H2,1-2H3,(H2,20,21,22);1H. The molecule has 1 aromatic rings. The third-order valence-electron chi connectivity index (χ3n) is 4.06. The Hall–Kier alpha value is -1.23. The smallest absolute Gasteiger partial charge is 0.409 e. The molecule has 2 rings (SSSR count). The number of rotatable bonds is 6. The minimum absolute atomic E-state index is 0. The van der Waals surface area contributed by atoms with Gasteiger partial charge in [0.25, 0.3) is 0 Å². The van der Waals surface area contributed by atoms with Gasteiger partial charge in [-0.05, 0) is 44.0 Å². The molecule has 1 amide bonds. The number of amides is 1. The van der Waals surface area contributed by atoms with Crippen LogP contribution in [0, 0.1) is 5.82 Å². The lowest BCUT2D eigenvalue weighted by Crippen LogP contribution is -2.49. The zero-order valence-corrected chi connectivity index (χ0v) is 18.9. The van der Waals surface area contributed by atoms with Crippen molar-refractivity contribution in [1.29, 1.82) is 0 Å². The van der Waals surface area contributed by atoms with Gasteiger partial charge < -0.3 is 20.3 Å². The van der Waals surface area contributed by atoms with Crippen LogP contribution in [-0.2, 0) is 4.74 Å². The molecule has 0 atom stereocenters. The summed E-state index contributed by atoms with van der Waals surface area (Å²) in [6.45, 7) is 4.86. The maximum Gasteiger partial charge on any atom is 0.409 e. The first-order valence-electron chi connectivity index (χ1n) is 8.88. The number of benzene rings is 1. The minimum atomic E-state index is -0.262. The summed E-state index contributed by atoms with van der Waals surface area (Å²) in [6, 6.07) is 6.79. The average molecular weight is 510 g/mol. The monoisotopic (exact) mass is 510 g/mol. The molecule has 6 nitrogen and oxygen atoms in total. The molecular weight excluding hydrogens is 482 g/mol. The number of carbonyl (C=O) groups is 1. The van der Waals surface area contributed by atoms with Gasteiger partial charge in [0.05, 0.1) is 13.7 Å². The molecule has 0 bridgehead atoms. The van der Waals surface area contributed by atoms with Crippen LogP contribution in [0.15, 0.2) is 34.2 Å². The summed E-state index contributed by atoms with van der Waals surface area (Å²) >= 11 is 1.65. The van der Waals surface area contributed by atoms with Gasteiger partial charge in [0.1, 0.15) is 5.82 Å². The number of aliphatic imine (C=N–C) groups is 1. The van der Waals surface area contributed by atoms with Crippen LogP contribution in [-0.4, -0.2) is 62.0 Å². The first-order valence-corrected chi connectivity index (χ1v) is 9.87. The minimum Gasteiger partial charge on any atom is -0.453 e. The summed E-state index contributed by atoms with van der Waals surface area (Å²) < 4.78 is 17.7. The number of halogens is 2. The van der Waals surface area contributed by atoms with Crippen LogP contribution in [0.2, 0.25) is 0 Å². The van der Waals surface area contributed by atoms with E-state index in [0.717, 1.165) is 36.0 Å². The molecule has 0 spiro atoms. The van der Waals surface area contributed by atoms with Crippen LogP contribution in [0.25, 0.3) is 0 Å². The van der Waals surface area contributed by atoms with Gasteiger partial charge >= 0.3 is 6.09 Å². The van der Waals surface area contributed by atoms with Crippen molar-refractivity contribution in [1.82, 2.24) is 15.5 Å². The summed E-state index contributed by atoms with van der Waals surface area (Å²) in [4.78, 5) is 18.9. The Kier molecular flexibility index (Phi) is 11.5. The molecular formula is C18H28FIN4O2S. The Bertz CT molecular complexity index is 596. The van der Waals surface area contributed by atoms with Gasteiger partial charge in [0.15, 0.2) is 5.96 Å². The fourth-order valence-electron chi connectivity index (χ4n) is 2.70. The molecule has 0 saturated carbocycles. The van der Waals surface area contributed by atoms with Gasteiger partial charge in [-0.25, -0.2) is 9.18 Å². The Balaban J connectivity index is 0.00000364.